The van der Waals surface area contributed by atoms with Gasteiger partial charge in [-0.15, -0.1) is 0 Å². The average Bonchev–Trinajstić information content (AvgIpc) is 3.21. The van der Waals surface area contributed by atoms with Crippen LogP contribution in [0.3, 0.4) is 0 Å². The molecule has 0 unspecified atom stereocenters. The lowest BCUT2D eigenvalue weighted by Crippen LogP contribution is -2.39. The van der Waals surface area contributed by atoms with Gasteiger partial charge in [0.15, 0.2) is 0 Å². The summed E-state index contributed by atoms with van der Waals surface area (Å²) in [6.45, 7) is 2.88. The zero-order valence-corrected chi connectivity index (χ0v) is 17.7. The molecule has 0 atom stereocenters. The highest BCUT2D eigenvalue weighted by Crippen LogP contribution is 2.38. The minimum Gasteiger partial charge on any atom is -0.357 e. The maximum atomic E-state index is 13.0. The second-order valence-electron chi connectivity index (χ2n) is 8.36. The van der Waals surface area contributed by atoms with Gasteiger partial charge in [-0.25, -0.2) is 18.1 Å². The first-order valence-corrected chi connectivity index (χ1v) is 12.1. The number of amides is 1. The van der Waals surface area contributed by atoms with Gasteiger partial charge in [0.05, 0.1) is 10.6 Å². The van der Waals surface area contributed by atoms with E-state index in [-0.39, 0.29) is 5.91 Å². The molecule has 0 bridgehead atoms. The summed E-state index contributed by atoms with van der Waals surface area (Å²) in [6, 6.07) is 9.42. The highest BCUT2D eigenvalue weighted by Gasteiger charge is 2.33. The zero-order valence-electron chi connectivity index (χ0n) is 16.9. The van der Waals surface area contributed by atoms with Crippen LogP contribution in [0.5, 0.6) is 0 Å². The van der Waals surface area contributed by atoms with Crippen LogP contribution in [0.25, 0.3) is 0 Å². The molecule has 3 aliphatic rings. The first-order chi connectivity index (χ1) is 14.5. The number of piperidine rings is 1. The van der Waals surface area contributed by atoms with E-state index in [2.05, 4.69) is 14.6 Å². The van der Waals surface area contributed by atoms with Crippen LogP contribution in [0.15, 0.2) is 41.4 Å². The number of sulfonamides is 1. The maximum absolute atomic E-state index is 13.0. The Morgan fingerprint density at radius 2 is 1.80 bits per heavy atom. The van der Waals surface area contributed by atoms with Crippen LogP contribution in [0.1, 0.15) is 30.4 Å². The number of carbonyl (C=O) groups excluding carboxylic acids is 1. The van der Waals surface area contributed by atoms with Gasteiger partial charge in [0.25, 0.3) is 0 Å². The standard InChI is InChI=1S/C22H26N4O3S/c27-21-5-4-17-13-19(14-18-8-12-26(21)22(17)18)30(28,29)24-15-16-6-10-25(11-7-16)20-3-1-2-9-23-20/h1-3,9,13-14,16,24H,4-8,10-12,15H2. The van der Waals surface area contributed by atoms with E-state index in [1.165, 1.54) is 0 Å². The van der Waals surface area contributed by atoms with Gasteiger partial charge >= 0.3 is 0 Å². The molecule has 0 aliphatic carbocycles. The number of nitrogens with one attached hydrogen (secondary N) is 1. The first-order valence-electron chi connectivity index (χ1n) is 10.6. The molecule has 1 fully saturated rings. The molecular formula is C22H26N4O3S. The van der Waals surface area contributed by atoms with E-state index in [1.54, 1.807) is 18.3 Å². The summed E-state index contributed by atoms with van der Waals surface area (Å²) in [7, 11) is -3.57. The van der Waals surface area contributed by atoms with Crippen LogP contribution >= 0.6 is 0 Å². The SMILES string of the molecule is O=C1CCc2cc(S(=O)(=O)NCC3CCN(c4ccccn4)CC3)cc3c2N1CC3. The quantitative estimate of drug-likeness (QED) is 0.792. The predicted molar refractivity (Wildman–Crippen MR) is 115 cm³/mol. The summed E-state index contributed by atoms with van der Waals surface area (Å²) in [5.74, 6) is 1.45. The molecule has 4 heterocycles. The van der Waals surface area contributed by atoms with Crippen molar-refractivity contribution in [1.82, 2.24) is 9.71 Å². The monoisotopic (exact) mass is 426 g/mol. The third kappa shape index (κ3) is 3.58. The minimum atomic E-state index is -3.57. The Bertz CT molecular complexity index is 1060. The van der Waals surface area contributed by atoms with Crippen molar-refractivity contribution in [3.05, 3.63) is 47.7 Å². The third-order valence-corrected chi connectivity index (χ3v) is 7.89. The molecule has 1 saturated heterocycles. The number of pyridine rings is 1. The van der Waals surface area contributed by atoms with Crippen LogP contribution in [-0.2, 0) is 27.7 Å². The predicted octanol–water partition coefficient (Wildman–Crippen LogP) is 2.11. The number of anilines is 2. The van der Waals surface area contributed by atoms with E-state index in [0.717, 1.165) is 55.0 Å². The Kier molecular flexibility index (Phi) is 4.99. The van der Waals surface area contributed by atoms with E-state index in [9.17, 15) is 13.2 Å². The van der Waals surface area contributed by atoms with Crippen molar-refractivity contribution >= 4 is 27.4 Å². The Labute approximate surface area is 177 Å². The van der Waals surface area contributed by atoms with Crippen molar-refractivity contribution in [2.75, 3.05) is 36.0 Å². The third-order valence-electron chi connectivity index (χ3n) is 6.49. The lowest BCUT2D eigenvalue weighted by atomic mass is 9.97. The second-order valence-corrected chi connectivity index (χ2v) is 10.1. The molecule has 7 nitrogen and oxygen atoms in total. The molecule has 8 heteroatoms. The van der Waals surface area contributed by atoms with Crippen molar-refractivity contribution in [2.24, 2.45) is 5.92 Å². The van der Waals surface area contributed by atoms with Crippen molar-refractivity contribution < 1.29 is 13.2 Å². The molecular weight excluding hydrogens is 400 g/mol. The lowest BCUT2D eigenvalue weighted by Gasteiger charge is -2.32. The number of aryl methyl sites for hydroxylation is 1. The Balaban J connectivity index is 1.24. The van der Waals surface area contributed by atoms with Gasteiger partial charge in [0.1, 0.15) is 5.82 Å². The number of carbonyl (C=O) groups is 1. The number of rotatable bonds is 5. The van der Waals surface area contributed by atoms with E-state index >= 15 is 0 Å². The van der Waals surface area contributed by atoms with Gasteiger partial charge in [0.2, 0.25) is 15.9 Å². The number of nitrogens with zero attached hydrogens (tertiary/aromatic N) is 3. The number of benzene rings is 1. The lowest BCUT2D eigenvalue weighted by molar-refractivity contribution is -0.118. The fourth-order valence-electron chi connectivity index (χ4n) is 4.80. The van der Waals surface area contributed by atoms with Crippen LogP contribution in [0, 0.1) is 5.92 Å². The van der Waals surface area contributed by atoms with E-state index < -0.39 is 10.0 Å². The van der Waals surface area contributed by atoms with Gasteiger partial charge < -0.3 is 9.80 Å². The summed E-state index contributed by atoms with van der Waals surface area (Å²) in [6.07, 6.45) is 5.47. The molecule has 3 aliphatic heterocycles. The Morgan fingerprint density at radius 1 is 1.03 bits per heavy atom. The van der Waals surface area contributed by atoms with Crippen LogP contribution in [0.4, 0.5) is 11.5 Å². The second kappa shape index (κ2) is 7.67. The minimum absolute atomic E-state index is 0.145. The summed E-state index contributed by atoms with van der Waals surface area (Å²) in [4.78, 5) is 20.9. The van der Waals surface area contributed by atoms with Gasteiger partial charge in [-0.2, -0.15) is 0 Å². The highest BCUT2D eigenvalue weighted by molar-refractivity contribution is 7.89. The van der Waals surface area contributed by atoms with Crippen molar-refractivity contribution in [2.45, 2.75) is 37.0 Å². The van der Waals surface area contributed by atoms with E-state index in [4.69, 9.17) is 0 Å². The fourth-order valence-corrected chi connectivity index (χ4v) is 6.02. The van der Waals surface area contributed by atoms with Crippen LogP contribution in [0.2, 0.25) is 0 Å². The van der Waals surface area contributed by atoms with E-state index in [1.807, 2.05) is 23.1 Å². The molecule has 0 spiro atoms. The van der Waals surface area contributed by atoms with Gasteiger partial charge in [0, 0.05) is 38.8 Å². The topological polar surface area (TPSA) is 82.6 Å². The van der Waals surface area contributed by atoms with Crippen molar-refractivity contribution in [1.29, 1.82) is 0 Å². The molecule has 1 aromatic carbocycles. The normalized spacial score (nSPS) is 19.3. The first kappa shape index (κ1) is 19.5. The molecule has 158 valence electrons. The van der Waals surface area contributed by atoms with E-state index in [0.29, 0.717) is 36.7 Å². The average molecular weight is 427 g/mol. The fraction of sp³-hybridized carbons (Fsp3) is 0.455. The molecule has 1 aromatic heterocycles. The molecule has 0 saturated carbocycles. The van der Waals surface area contributed by atoms with Gasteiger partial charge in [-0.1, -0.05) is 6.07 Å². The van der Waals surface area contributed by atoms with Crippen molar-refractivity contribution in [3.8, 4) is 0 Å². The maximum Gasteiger partial charge on any atom is 0.240 e. The Morgan fingerprint density at radius 3 is 2.53 bits per heavy atom. The van der Waals surface area contributed by atoms with Crippen LogP contribution < -0.4 is 14.5 Å². The van der Waals surface area contributed by atoms with Crippen molar-refractivity contribution in [3.63, 3.8) is 0 Å². The summed E-state index contributed by atoms with van der Waals surface area (Å²) in [5.41, 5.74) is 2.91. The summed E-state index contributed by atoms with van der Waals surface area (Å²) in [5, 5.41) is 0. The van der Waals surface area contributed by atoms with Crippen LogP contribution in [-0.4, -0.2) is 45.5 Å². The van der Waals surface area contributed by atoms with Gasteiger partial charge in [-0.05, 0) is 67.0 Å². The molecule has 1 N–H and O–H groups in total. The molecule has 1 amide bonds. The summed E-state index contributed by atoms with van der Waals surface area (Å²) >= 11 is 0. The summed E-state index contributed by atoms with van der Waals surface area (Å²) < 4.78 is 28.8. The molecule has 30 heavy (non-hydrogen) atoms. The number of hydrogen-bond donors (Lipinski definition) is 1. The highest BCUT2D eigenvalue weighted by atomic mass is 32.2. The largest absolute Gasteiger partial charge is 0.357 e. The molecule has 2 aromatic rings. The molecule has 5 rings (SSSR count). The van der Waals surface area contributed by atoms with Gasteiger partial charge in [-0.3, -0.25) is 4.79 Å². The Hall–Kier alpha value is -2.45. The smallest absolute Gasteiger partial charge is 0.240 e. The molecule has 0 radical (unpaired) electrons. The number of hydrogen-bond acceptors (Lipinski definition) is 5. The zero-order chi connectivity index (χ0) is 20.7. The number of aromatic nitrogens is 1.